The van der Waals surface area contributed by atoms with Crippen molar-refractivity contribution in [2.24, 2.45) is 0 Å². The van der Waals surface area contributed by atoms with Gasteiger partial charge in [-0.05, 0) is 36.8 Å². The largest absolute Gasteiger partial charge is 0.495 e. The monoisotopic (exact) mass is 390 g/mol. The Balaban J connectivity index is 2.12. The minimum Gasteiger partial charge on any atom is -0.495 e. The fraction of sp³-hybridized carbons (Fsp3) is 0.211. The average molecular weight is 391 g/mol. The average Bonchev–Trinajstić information content (AvgIpc) is 2.62. The number of methoxy groups -OCH3 is 1. The first-order valence-corrected chi connectivity index (χ1v) is 8.54. The molecule has 0 spiro atoms. The number of carbonyl (C=O) groups excluding carboxylic acids is 2. The van der Waals surface area contributed by atoms with Crippen molar-refractivity contribution in [1.29, 1.82) is 0 Å². The van der Waals surface area contributed by atoms with Gasteiger partial charge in [0.1, 0.15) is 5.75 Å². The number of aliphatic carboxylic acids is 1. The number of rotatable bonds is 8. The van der Waals surface area contributed by atoms with E-state index in [2.05, 4.69) is 10.6 Å². The van der Waals surface area contributed by atoms with E-state index in [0.29, 0.717) is 22.1 Å². The third-order valence-electron chi connectivity index (χ3n) is 3.65. The molecular formula is C19H19ClN2O5. The maximum Gasteiger partial charge on any atom is 0.303 e. The summed E-state index contributed by atoms with van der Waals surface area (Å²) in [5, 5.41) is 14.4. The van der Waals surface area contributed by atoms with E-state index < -0.39 is 11.9 Å². The summed E-state index contributed by atoms with van der Waals surface area (Å²) in [6.45, 7) is 0. The van der Waals surface area contributed by atoms with E-state index in [1.165, 1.54) is 7.11 Å². The molecule has 0 radical (unpaired) electrons. The van der Waals surface area contributed by atoms with Crippen molar-refractivity contribution in [3.8, 4) is 5.75 Å². The fourth-order valence-electron chi connectivity index (χ4n) is 2.37. The van der Waals surface area contributed by atoms with Gasteiger partial charge in [-0.25, -0.2) is 0 Å². The molecule has 0 bridgehead atoms. The molecular weight excluding hydrogens is 372 g/mol. The zero-order valence-electron chi connectivity index (χ0n) is 14.6. The summed E-state index contributed by atoms with van der Waals surface area (Å²) >= 11 is 5.97. The molecule has 8 heteroatoms. The zero-order valence-corrected chi connectivity index (χ0v) is 15.4. The van der Waals surface area contributed by atoms with Crippen molar-refractivity contribution in [2.75, 3.05) is 17.7 Å². The number of carboxylic acid groups (broad SMARTS) is 1. The van der Waals surface area contributed by atoms with Crippen LogP contribution >= 0.6 is 11.6 Å². The molecule has 0 atom stereocenters. The Labute approximate surface area is 161 Å². The van der Waals surface area contributed by atoms with Crippen molar-refractivity contribution < 1.29 is 24.2 Å². The molecule has 0 aliphatic carbocycles. The molecule has 0 heterocycles. The summed E-state index contributed by atoms with van der Waals surface area (Å²) in [4.78, 5) is 35.2. The third-order valence-corrected chi connectivity index (χ3v) is 3.89. The van der Waals surface area contributed by atoms with Gasteiger partial charge in [-0.3, -0.25) is 14.4 Å². The number of para-hydroxylation sites is 1. The van der Waals surface area contributed by atoms with Gasteiger partial charge < -0.3 is 20.5 Å². The van der Waals surface area contributed by atoms with Crippen LogP contribution in [-0.2, 0) is 9.59 Å². The Bertz CT molecular complexity index is 854. The Morgan fingerprint density at radius 1 is 1.04 bits per heavy atom. The number of hydrogen-bond acceptors (Lipinski definition) is 4. The van der Waals surface area contributed by atoms with Crippen LogP contribution in [0.1, 0.15) is 29.6 Å². The van der Waals surface area contributed by atoms with E-state index in [1.807, 2.05) is 0 Å². The minimum atomic E-state index is -0.960. The Hall–Kier alpha value is -3.06. The number of benzene rings is 2. The van der Waals surface area contributed by atoms with E-state index in [0.717, 1.165) is 0 Å². The molecule has 2 rings (SSSR count). The number of halogens is 1. The van der Waals surface area contributed by atoms with Gasteiger partial charge in [-0.2, -0.15) is 0 Å². The summed E-state index contributed by atoms with van der Waals surface area (Å²) < 4.78 is 5.20. The zero-order chi connectivity index (χ0) is 19.8. The predicted molar refractivity (Wildman–Crippen MR) is 103 cm³/mol. The standard InChI is InChI=1S/C19H19ClN2O5/c1-27-16-10-9-12(20)11-15(16)22-19(26)13-5-2-3-6-14(13)21-17(23)7-4-8-18(24)25/h2-3,5-6,9-11H,4,7-8H2,1H3,(H,21,23)(H,22,26)(H,24,25). The number of hydrogen-bond donors (Lipinski definition) is 3. The molecule has 0 aliphatic rings. The quantitative estimate of drug-likeness (QED) is 0.636. The molecule has 3 N–H and O–H groups in total. The molecule has 0 aliphatic heterocycles. The van der Waals surface area contributed by atoms with Crippen LogP contribution in [0.3, 0.4) is 0 Å². The highest BCUT2D eigenvalue weighted by Gasteiger charge is 2.15. The summed E-state index contributed by atoms with van der Waals surface area (Å²) in [6.07, 6.45) is 0.170. The highest BCUT2D eigenvalue weighted by Crippen LogP contribution is 2.28. The number of ether oxygens (including phenoxy) is 1. The van der Waals surface area contributed by atoms with Crippen LogP contribution < -0.4 is 15.4 Å². The van der Waals surface area contributed by atoms with Crippen molar-refractivity contribution in [3.05, 3.63) is 53.1 Å². The topological polar surface area (TPSA) is 105 Å². The van der Waals surface area contributed by atoms with Crippen LogP contribution in [0.15, 0.2) is 42.5 Å². The number of anilines is 2. The van der Waals surface area contributed by atoms with Gasteiger partial charge in [0.25, 0.3) is 5.91 Å². The van der Waals surface area contributed by atoms with Gasteiger partial charge in [0.15, 0.2) is 0 Å². The molecule has 2 aromatic carbocycles. The molecule has 27 heavy (non-hydrogen) atoms. The lowest BCUT2D eigenvalue weighted by molar-refractivity contribution is -0.137. The molecule has 7 nitrogen and oxygen atoms in total. The Morgan fingerprint density at radius 3 is 2.48 bits per heavy atom. The highest BCUT2D eigenvalue weighted by molar-refractivity contribution is 6.31. The summed E-state index contributed by atoms with van der Waals surface area (Å²) in [5.41, 5.74) is 0.986. The van der Waals surface area contributed by atoms with E-state index in [1.54, 1.807) is 42.5 Å². The number of amides is 2. The minimum absolute atomic E-state index is 0.0460. The normalized spacial score (nSPS) is 10.1. The van der Waals surface area contributed by atoms with Crippen molar-refractivity contribution in [3.63, 3.8) is 0 Å². The second-order valence-corrected chi connectivity index (χ2v) is 6.08. The van der Waals surface area contributed by atoms with E-state index in [4.69, 9.17) is 21.4 Å². The first-order valence-electron chi connectivity index (χ1n) is 8.16. The number of nitrogens with one attached hydrogen (secondary N) is 2. The number of carbonyl (C=O) groups is 3. The summed E-state index contributed by atoms with van der Waals surface area (Å²) in [6, 6.07) is 11.4. The molecule has 0 saturated heterocycles. The van der Waals surface area contributed by atoms with Crippen LogP contribution in [0, 0.1) is 0 Å². The summed E-state index contributed by atoms with van der Waals surface area (Å²) in [5.74, 6) is -1.32. The predicted octanol–water partition coefficient (Wildman–Crippen LogP) is 3.79. The van der Waals surface area contributed by atoms with Gasteiger partial charge in [0, 0.05) is 17.9 Å². The van der Waals surface area contributed by atoms with Gasteiger partial charge in [-0.1, -0.05) is 23.7 Å². The highest BCUT2D eigenvalue weighted by atomic mass is 35.5. The van der Waals surface area contributed by atoms with Crippen LogP contribution in [0.2, 0.25) is 5.02 Å². The number of carboxylic acids is 1. The molecule has 0 saturated carbocycles. The first-order chi connectivity index (χ1) is 12.9. The van der Waals surface area contributed by atoms with Gasteiger partial charge in [0.2, 0.25) is 5.91 Å². The van der Waals surface area contributed by atoms with E-state index in [-0.39, 0.29) is 30.7 Å². The maximum atomic E-state index is 12.7. The lowest BCUT2D eigenvalue weighted by Crippen LogP contribution is -2.18. The lowest BCUT2D eigenvalue weighted by atomic mass is 10.1. The van der Waals surface area contributed by atoms with E-state index in [9.17, 15) is 14.4 Å². The second kappa shape index (κ2) is 9.59. The van der Waals surface area contributed by atoms with Crippen molar-refractivity contribution >= 4 is 40.8 Å². The molecule has 2 amide bonds. The molecule has 142 valence electrons. The van der Waals surface area contributed by atoms with Crippen LogP contribution in [0.4, 0.5) is 11.4 Å². The molecule has 2 aromatic rings. The second-order valence-electron chi connectivity index (χ2n) is 5.64. The fourth-order valence-corrected chi connectivity index (χ4v) is 2.54. The Kier molecular flexibility index (Phi) is 7.19. The third kappa shape index (κ3) is 6.00. The molecule has 0 aromatic heterocycles. The molecule has 0 fully saturated rings. The van der Waals surface area contributed by atoms with Gasteiger partial charge in [-0.15, -0.1) is 0 Å². The lowest BCUT2D eigenvalue weighted by Gasteiger charge is -2.13. The maximum absolute atomic E-state index is 12.7. The van der Waals surface area contributed by atoms with Crippen molar-refractivity contribution in [2.45, 2.75) is 19.3 Å². The van der Waals surface area contributed by atoms with Gasteiger partial charge >= 0.3 is 5.97 Å². The van der Waals surface area contributed by atoms with Gasteiger partial charge in [0.05, 0.1) is 24.0 Å². The summed E-state index contributed by atoms with van der Waals surface area (Å²) in [7, 11) is 1.48. The Morgan fingerprint density at radius 2 is 1.78 bits per heavy atom. The SMILES string of the molecule is COc1ccc(Cl)cc1NC(=O)c1ccccc1NC(=O)CCCC(=O)O. The van der Waals surface area contributed by atoms with Crippen LogP contribution in [-0.4, -0.2) is 30.0 Å². The smallest absolute Gasteiger partial charge is 0.303 e. The van der Waals surface area contributed by atoms with Crippen LogP contribution in [0.5, 0.6) is 5.75 Å². The van der Waals surface area contributed by atoms with E-state index >= 15 is 0 Å². The first kappa shape index (κ1) is 20.3. The van der Waals surface area contributed by atoms with Crippen molar-refractivity contribution in [1.82, 2.24) is 0 Å². The molecule has 0 unspecified atom stereocenters. The van der Waals surface area contributed by atoms with Crippen LogP contribution in [0.25, 0.3) is 0 Å².